The van der Waals surface area contributed by atoms with E-state index in [0.29, 0.717) is 12.3 Å². The molecule has 4 rings (SSSR count). The van der Waals surface area contributed by atoms with Gasteiger partial charge in [0.2, 0.25) is 0 Å². The first-order valence-electron chi connectivity index (χ1n) is 11.5. The molecule has 0 saturated carbocycles. The van der Waals surface area contributed by atoms with Crippen LogP contribution >= 0.6 is 0 Å². The van der Waals surface area contributed by atoms with Crippen molar-refractivity contribution in [2.45, 2.75) is 44.9 Å². The molecule has 2 aliphatic rings. The lowest BCUT2D eigenvalue weighted by atomic mass is 9.91. The second kappa shape index (κ2) is 10.1. The molecular weight excluding hydrogens is 386 g/mol. The van der Waals surface area contributed by atoms with Crippen molar-refractivity contribution >= 4 is 11.5 Å². The number of fused-ring (bicyclic) bond motifs is 2. The first-order valence-corrected chi connectivity index (χ1v) is 11.5. The van der Waals surface area contributed by atoms with Gasteiger partial charge in [0.15, 0.2) is 0 Å². The molecule has 1 aliphatic heterocycles. The van der Waals surface area contributed by atoms with Crippen LogP contribution in [0, 0.1) is 5.92 Å². The van der Waals surface area contributed by atoms with E-state index in [1.807, 2.05) is 0 Å². The molecule has 0 bridgehead atoms. The van der Waals surface area contributed by atoms with Gasteiger partial charge in [-0.2, -0.15) is 0 Å². The summed E-state index contributed by atoms with van der Waals surface area (Å²) in [5, 5.41) is 8.90. The summed E-state index contributed by atoms with van der Waals surface area (Å²) in [6.07, 6.45) is 8.90. The molecule has 4 heteroatoms. The van der Waals surface area contributed by atoms with E-state index >= 15 is 0 Å². The highest BCUT2D eigenvalue weighted by atomic mass is 16.5. The molecule has 1 saturated heterocycles. The van der Waals surface area contributed by atoms with Gasteiger partial charge in [0, 0.05) is 13.0 Å². The van der Waals surface area contributed by atoms with Gasteiger partial charge < -0.3 is 14.7 Å². The number of aliphatic carboxylic acids is 1. The number of benzene rings is 2. The molecule has 0 radical (unpaired) electrons. The van der Waals surface area contributed by atoms with Crippen molar-refractivity contribution in [2.24, 2.45) is 5.92 Å². The largest absolute Gasteiger partial charge is 0.497 e. The Labute approximate surface area is 185 Å². The van der Waals surface area contributed by atoms with E-state index in [0.717, 1.165) is 63.9 Å². The Kier molecular flexibility index (Phi) is 7.08. The molecule has 0 amide bonds. The third kappa shape index (κ3) is 5.37. The normalized spacial score (nSPS) is 18.3. The SMILES string of the molecule is COc1ccc2c(c1)CCc1ccccc1C2=CCCN1CCC(CCC(=O)O)CC1. The van der Waals surface area contributed by atoms with Crippen molar-refractivity contribution in [3.63, 3.8) is 0 Å². The maximum absolute atomic E-state index is 10.8. The minimum atomic E-state index is -0.671. The zero-order chi connectivity index (χ0) is 21.6. The number of likely N-dealkylation sites (tertiary alicyclic amines) is 1. The third-order valence-electron chi connectivity index (χ3n) is 6.84. The van der Waals surface area contributed by atoms with E-state index in [2.05, 4.69) is 53.4 Å². The summed E-state index contributed by atoms with van der Waals surface area (Å²) < 4.78 is 5.47. The first kappa shape index (κ1) is 21.6. The van der Waals surface area contributed by atoms with Crippen LogP contribution in [-0.4, -0.2) is 42.7 Å². The first-order chi connectivity index (χ1) is 15.1. The standard InChI is InChI=1S/C27H33NO3/c1-31-23-11-12-25-22(19-23)10-9-21-5-2-3-6-24(21)26(25)7-4-16-28-17-14-20(15-18-28)8-13-27(29)30/h2-3,5-7,11-12,19-20H,4,8-10,13-18H2,1H3,(H,29,30). The van der Waals surface area contributed by atoms with Gasteiger partial charge in [-0.25, -0.2) is 0 Å². The number of carbonyl (C=O) groups is 1. The second-order valence-corrected chi connectivity index (χ2v) is 8.80. The molecule has 1 fully saturated rings. The number of piperidine rings is 1. The van der Waals surface area contributed by atoms with Gasteiger partial charge in [-0.1, -0.05) is 36.4 Å². The smallest absolute Gasteiger partial charge is 0.303 e. The van der Waals surface area contributed by atoms with Gasteiger partial charge in [0.25, 0.3) is 0 Å². The molecule has 2 aromatic rings. The topological polar surface area (TPSA) is 49.8 Å². The van der Waals surface area contributed by atoms with Crippen molar-refractivity contribution in [2.75, 3.05) is 26.7 Å². The number of hydrogen-bond donors (Lipinski definition) is 1. The van der Waals surface area contributed by atoms with E-state index in [1.54, 1.807) is 7.11 Å². The Morgan fingerprint density at radius 3 is 2.61 bits per heavy atom. The van der Waals surface area contributed by atoms with Crippen LogP contribution in [0.2, 0.25) is 0 Å². The number of rotatable bonds is 7. The summed E-state index contributed by atoms with van der Waals surface area (Å²) in [6, 6.07) is 15.3. The lowest BCUT2D eigenvalue weighted by molar-refractivity contribution is -0.137. The highest BCUT2D eigenvalue weighted by Gasteiger charge is 2.21. The molecule has 2 aromatic carbocycles. The number of hydrogen-bond acceptors (Lipinski definition) is 3. The summed E-state index contributed by atoms with van der Waals surface area (Å²) in [4.78, 5) is 13.3. The van der Waals surface area contributed by atoms with Gasteiger partial charge >= 0.3 is 5.97 Å². The predicted octanol–water partition coefficient (Wildman–Crippen LogP) is 5.19. The molecule has 164 valence electrons. The summed E-state index contributed by atoms with van der Waals surface area (Å²) in [5.41, 5.74) is 6.82. The quantitative estimate of drug-likeness (QED) is 0.671. The molecule has 0 atom stereocenters. The van der Waals surface area contributed by atoms with Crippen molar-refractivity contribution in [1.82, 2.24) is 4.90 Å². The van der Waals surface area contributed by atoms with E-state index < -0.39 is 5.97 Å². The van der Waals surface area contributed by atoms with Crippen LogP contribution in [0.3, 0.4) is 0 Å². The highest BCUT2D eigenvalue weighted by Crippen LogP contribution is 2.35. The number of carboxylic acid groups (broad SMARTS) is 1. The molecular formula is C27H33NO3. The van der Waals surface area contributed by atoms with Crippen molar-refractivity contribution in [3.05, 3.63) is 70.8 Å². The average Bonchev–Trinajstić information content (AvgIpc) is 2.95. The molecule has 31 heavy (non-hydrogen) atoms. The Balaban J connectivity index is 1.45. The van der Waals surface area contributed by atoms with E-state index in [1.165, 1.54) is 27.8 Å². The van der Waals surface area contributed by atoms with E-state index in [4.69, 9.17) is 9.84 Å². The molecule has 0 unspecified atom stereocenters. The molecule has 0 spiro atoms. The zero-order valence-corrected chi connectivity index (χ0v) is 18.5. The fourth-order valence-corrected chi connectivity index (χ4v) is 5.02. The number of ether oxygens (including phenoxy) is 1. The number of aryl methyl sites for hydroxylation is 2. The van der Waals surface area contributed by atoms with Gasteiger partial charge in [-0.15, -0.1) is 0 Å². The van der Waals surface area contributed by atoms with Crippen LogP contribution in [-0.2, 0) is 17.6 Å². The molecule has 1 N–H and O–H groups in total. The Hall–Kier alpha value is -2.59. The van der Waals surface area contributed by atoms with Crippen LogP contribution in [0.1, 0.15) is 54.4 Å². The van der Waals surface area contributed by atoms with Crippen LogP contribution < -0.4 is 4.74 Å². The lowest BCUT2D eigenvalue weighted by Gasteiger charge is -2.31. The third-order valence-corrected chi connectivity index (χ3v) is 6.84. The summed E-state index contributed by atoms with van der Waals surface area (Å²) in [7, 11) is 1.73. The zero-order valence-electron chi connectivity index (χ0n) is 18.5. The fraction of sp³-hybridized carbons (Fsp3) is 0.444. The fourth-order valence-electron chi connectivity index (χ4n) is 5.02. The van der Waals surface area contributed by atoms with Crippen LogP contribution in [0.5, 0.6) is 5.75 Å². The number of carboxylic acids is 1. The molecule has 4 nitrogen and oxygen atoms in total. The van der Waals surface area contributed by atoms with Gasteiger partial charge in [0.05, 0.1) is 7.11 Å². The molecule has 1 aliphatic carbocycles. The van der Waals surface area contributed by atoms with Crippen molar-refractivity contribution in [1.29, 1.82) is 0 Å². The van der Waals surface area contributed by atoms with E-state index in [-0.39, 0.29) is 0 Å². The van der Waals surface area contributed by atoms with Gasteiger partial charge in [0.1, 0.15) is 5.75 Å². The molecule has 0 aromatic heterocycles. The summed E-state index contributed by atoms with van der Waals surface area (Å²) >= 11 is 0. The average molecular weight is 420 g/mol. The Morgan fingerprint density at radius 2 is 1.84 bits per heavy atom. The van der Waals surface area contributed by atoms with Gasteiger partial charge in [-0.3, -0.25) is 4.79 Å². The Morgan fingerprint density at radius 1 is 1.10 bits per heavy atom. The number of nitrogens with zero attached hydrogens (tertiary/aromatic N) is 1. The minimum Gasteiger partial charge on any atom is -0.497 e. The predicted molar refractivity (Wildman–Crippen MR) is 125 cm³/mol. The molecule has 1 heterocycles. The highest BCUT2D eigenvalue weighted by molar-refractivity contribution is 5.84. The maximum Gasteiger partial charge on any atom is 0.303 e. The van der Waals surface area contributed by atoms with Crippen LogP contribution in [0.4, 0.5) is 0 Å². The minimum absolute atomic E-state index is 0.306. The second-order valence-electron chi connectivity index (χ2n) is 8.80. The monoisotopic (exact) mass is 419 g/mol. The number of methoxy groups -OCH3 is 1. The van der Waals surface area contributed by atoms with Crippen molar-refractivity contribution < 1.29 is 14.6 Å². The Bertz CT molecular complexity index is 941. The lowest BCUT2D eigenvalue weighted by Crippen LogP contribution is -2.34. The maximum atomic E-state index is 10.8. The van der Waals surface area contributed by atoms with E-state index in [9.17, 15) is 4.79 Å². The van der Waals surface area contributed by atoms with Gasteiger partial charge in [-0.05, 0) is 97.5 Å². The van der Waals surface area contributed by atoms with Crippen LogP contribution in [0.15, 0.2) is 48.5 Å². The summed E-state index contributed by atoms with van der Waals surface area (Å²) in [6.45, 7) is 3.22. The van der Waals surface area contributed by atoms with Crippen molar-refractivity contribution in [3.8, 4) is 5.75 Å². The van der Waals surface area contributed by atoms with Crippen LogP contribution in [0.25, 0.3) is 5.57 Å². The summed E-state index contributed by atoms with van der Waals surface area (Å²) in [5.74, 6) is 0.826.